The Balaban J connectivity index is 2.02. The van der Waals surface area contributed by atoms with E-state index in [1.807, 2.05) is 0 Å². The Bertz CT molecular complexity index is 1010. The van der Waals surface area contributed by atoms with Crippen molar-refractivity contribution in [3.63, 3.8) is 0 Å². The molecule has 0 saturated heterocycles. The second-order valence-corrected chi connectivity index (χ2v) is 7.58. The van der Waals surface area contributed by atoms with Crippen molar-refractivity contribution in [3.8, 4) is 11.5 Å². The number of hydrogen-bond donors (Lipinski definition) is 1. The molecular formula is C17H13F5O5S. The molecule has 1 aliphatic heterocycles. The normalized spacial score (nSPS) is 19.1. The molecule has 0 radical (unpaired) electrons. The SMILES string of the molecule is CC[C@H]1C[C@H](O)c2ccc(S(=O)(=O)Oc3c(F)c(F)c(F)c(F)c3F)cc2O1. The van der Waals surface area contributed by atoms with Crippen LogP contribution in [0, 0.1) is 29.1 Å². The molecule has 0 fully saturated rings. The van der Waals surface area contributed by atoms with Crippen LogP contribution in [0.2, 0.25) is 0 Å². The third kappa shape index (κ3) is 3.39. The molecule has 152 valence electrons. The van der Waals surface area contributed by atoms with E-state index in [1.165, 1.54) is 6.07 Å². The van der Waals surface area contributed by atoms with Gasteiger partial charge in [-0.2, -0.15) is 17.2 Å². The highest BCUT2D eigenvalue weighted by molar-refractivity contribution is 7.87. The van der Waals surface area contributed by atoms with Gasteiger partial charge >= 0.3 is 10.1 Å². The number of ether oxygens (including phenoxy) is 1. The van der Waals surface area contributed by atoms with E-state index in [0.717, 1.165) is 12.1 Å². The quantitative estimate of drug-likeness (QED) is 0.350. The molecular weight excluding hydrogens is 411 g/mol. The van der Waals surface area contributed by atoms with Crippen LogP contribution in [0.25, 0.3) is 0 Å². The molecule has 0 bridgehead atoms. The first-order valence-corrected chi connectivity index (χ1v) is 9.42. The zero-order valence-corrected chi connectivity index (χ0v) is 15.0. The highest BCUT2D eigenvalue weighted by Gasteiger charge is 2.32. The lowest BCUT2D eigenvalue weighted by Gasteiger charge is -2.29. The van der Waals surface area contributed by atoms with E-state index in [4.69, 9.17) is 4.74 Å². The van der Waals surface area contributed by atoms with Crippen molar-refractivity contribution in [2.24, 2.45) is 0 Å². The van der Waals surface area contributed by atoms with Crippen LogP contribution in [0.4, 0.5) is 22.0 Å². The van der Waals surface area contributed by atoms with Gasteiger partial charge in [0.2, 0.25) is 34.8 Å². The average Bonchev–Trinajstić information content (AvgIpc) is 2.67. The number of halogens is 5. The summed E-state index contributed by atoms with van der Waals surface area (Å²) in [6.45, 7) is 1.79. The molecule has 2 atom stereocenters. The summed E-state index contributed by atoms with van der Waals surface area (Å²) in [6, 6.07) is 3.11. The van der Waals surface area contributed by atoms with Crippen LogP contribution >= 0.6 is 0 Å². The van der Waals surface area contributed by atoms with E-state index in [9.17, 15) is 35.5 Å². The minimum Gasteiger partial charge on any atom is -0.490 e. The molecule has 0 unspecified atom stereocenters. The summed E-state index contributed by atoms with van der Waals surface area (Å²) in [4.78, 5) is -0.654. The van der Waals surface area contributed by atoms with Gasteiger partial charge in [-0.1, -0.05) is 13.0 Å². The van der Waals surface area contributed by atoms with Crippen molar-refractivity contribution in [1.82, 2.24) is 0 Å². The molecule has 2 aromatic rings. The Morgan fingerprint density at radius 1 is 1.07 bits per heavy atom. The van der Waals surface area contributed by atoms with E-state index < -0.39 is 62.1 Å². The average molecular weight is 424 g/mol. The van der Waals surface area contributed by atoms with E-state index >= 15 is 0 Å². The Kier molecular flexibility index (Phi) is 5.24. The summed E-state index contributed by atoms with van der Waals surface area (Å²) in [6.07, 6.45) is -0.497. The molecule has 11 heteroatoms. The minimum atomic E-state index is -4.98. The lowest BCUT2D eigenvalue weighted by Crippen LogP contribution is -2.25. The van der Waals surface area contributed by atoms with Gasteiger partial charge in [0.1, 0.15) is 16.7 Å². The van der Waals surface area contributed by atoms with Gasteiger partial charge in [0, 0.05) is 18.1 Å². The number of rotatable bonds is 4. The van der Waals surface area contributed by atoms with Gasteiger partial charge in [-0.3, -0.25) is 0 Å². The third-order valence-corrected chi connectivity index (χ3v) is 5.45. The smallest absolute Gasteiger partial charge is 0.339 e. The molecule has 1 N–H and O–H groups in total. The first-order chi connectivity index (χ1) is 13.1. The minimum absolute atomic E-state index is 0.00712. The van der Waals surface area contributed by atoms with E-state index in [2.05, 4.69) is 4.18 Å². The number of aliphatic hydroxyl groups excluding tert-OH is 1. The standard InChI is InChI=1S/C17H13F5O5S/c1-2-7-5-10(23)9-4-3-8(6-11(9)26-7)28(24,25)27-17-15(21)13(19)12(18)14(20)16(17)22/h3-4,6-7,10,23H,2,5H2,1H3/t7-,10-/m0/s1. The second kappa shape index (κ2) is 7.21. The summed E-state index contributed by atoms with van der Waals surface area (Å²) in [5.74, 6) is -13.9. The third-order valence-electron chi connectivity index (χ3n) is 4.23. The fraction of sp³-hybridized carbons (Fsp3) is 0.294. The van der Waals surface area contributed by atoms with Crippen LogP contribution in [-0.4, -0.2) is 19.6 Å². The van der Waals surface area contributed by atoms with E-state index in [1.54, 1.807) is 6.92 Å². The zero-order chi connectivity index (χ0) is 20.8. The van der Waals surface area contributed by atoms with Crippen LogP contribution in [-0.2, 0) is 10.1 Å². The van der Waals surface area contributed by atoms with Gasteiger partial charge < -0.3 is 14.0 Å². The van der Waals surface area contributed by atoms with Gasteiger partial charge in [-0.05, 0) is 12.5 Å². The molecule has 5 nitrogen and oxygen atoms in total. The largest absolute Gasteiger partial charge is 0.490 e. The maximum Gasteiger partial charge on any atom is 0.339 e. The molecule has 1 heterocycles. The molecule has 0 spiro atoms. The number of hydrogen-bond acceptors (Lipinski definition) is 5. The van der Waals surface area contributed by atoms with Gasteiger partial charge in [0.25, 0.3) is 0 Å². The van der Waals surface area contributed by atoms with Crippen LogP contribution in [0.1, 0.15) is 31.4 Å². The predicted molar refractivity (Wildman–Crippen MR) is 84.8 cm³/mol. The first kappa shape index (κ1) is 20.3. The number of benzene rings is 2. The molecule has 0 aliphatic carbocycles. The van der Waals surface area contributed by atoms with Gasteiger partial charge in [0.05, 0.1) is 6.10 Å². The number of fused-ring (bicyclic) bond motifs is 1. The van der Waals surface area contributed by atoms with E-state index in [0.29, 0.717) is 12.0 Å². The Hall–Kier alpha value is -2.40. The summed E-state index contributed by atoms with van der Waals surface area (Å²) < 4.78 is 101. The van der Waals surface area contributed by atoms with Crippen molar-refractivity contribution in [2.45, 2.75) is 36.9 Å². The molecule has 3 rings (SSSR count). The lowest BCUT2D eigenvalue weighted by atomic mass is 9.98. The summed E-state index contributed by atoms with van der Waals surface area (Å²) in [5, 5.41) is 10.1. The van der Waals surface area contributed by atoms with Crippen molar-refractivity contribution >= 4 is 10.1 Å². The summed E-state index contributed by atoms with van der Waals surface area (Å²) in [7, 11) is -4.98. The van der Waals surface area contributed by atoms with Gasteiger partial charge in [-0.15, -0.1) is 0 Å². The van der Waals surface area contributed by atoms with Gasteiger partial charge in [0.15, 0.2) is 0 Å². The van der Waals surface area contributed by atoms with Crippen molar-refractivity contribution < 1.29 is 44.4 Å². The first-order valence-electron chi connectivity index (χ1n) is 8.01. The number of aliphatic hydroxyl groups is 1. The van der Waals surface area contributed by atoms with Crippen molar-refractivity contribution in [1.29, 1.82) is 0 Å². The molecule has 2 aromatic carbocycles. The molecule has 28 heavy (non-hydrogen) atoms. The summed E-state index contributed by atoms with van der Waals surface area (Å²) >= 11 is 0. The Morgan fingerprint density at radius 3 is 2.21 bits per heavy atom. The van der Waals surface area contributed by atoms with Crippen LogP contribution in [0.15, 0.2) is 23.1 Å². The fourth-order valence-electron chi connectivity index (χ4n) is 2.72. The topological polar surface area (TPSA) is 72.8 Å². The highest BCUT2D eigenvalue weighted by atomic mass is 32.2. The van der Waals surface area contributed by atoms with Crippen LogP contribution < -0.4 is 8.92 Å². The fourth-order valence-corrected chi connectivity index (χ4v) is 3.67. The van der Waals surface area contributed by atoms with Crippen molar-refractivity contribution in [2.75, 3.05) is 0 Å². The maximum absolute atomic E-state index is 13.7. The van der Waals surface area contributed by atoms with Gasteiger partial charge in [-0.25, -0.2) is 13.2 Å². The molecule has 1 aliphatic rings. The second-order valence-electron chi connectivity index (χ2n) is 6.04. The van der Waals surface area contributed by atoms with Crippen molar-refractivity contribution in [3.05, 3.63) is 52.8 Å². The lowest BCUT2D eigenvalue weighted by molar-refractivity contribution is 0.0639. The predicted octanol–water partition coefficient (Wildman–Crippen LogP) is 3.74. The molecule has 0 saturated carbocycles. The highest BCUT2D eigenvalue weighted by Crippen LogP contribution is 2.38. The van der Waals surface area contributed by atoms with E-state index in [-0.39, 0.29) is 12.2 Å². The Morgan fingerprint density at radius 2 is 1.64 bits per heavy atom. The maximum atomic E-state index is 13.7. The molecule has 0 aromatic heterocycles. The molecule has 0 amide bonds. The van der Waals surface area contributed by atoms with Crippen LogP contribution in [0.3, 0.4) is 0 Å². The summed E-state index contributed by atoms with van der Waals surface area (Å²) in [5.41, 5.74) is 0.292. The van der Waals surface area contributed by atoms with Crippen LogP contribution in [0.5, 0.6) is 11.5 Å². The monoisotopic (exact) mass is 424 g/mol. The zero-order valence-electron chi connectivity index (χ0n) is 14.2. The Labute approximate surface area is 156 Å².